The van der Waals surface area contributed by atoms with Crippen LogP contribution in [0.3, 0.4) is 0 Å². The molecule has 9 heavy (non-hydrogen) atoms. The third-order valence-electron chi connectivity index (χ3n) is 1.13. The molecule has 0 aliphatic rings. The van der Waals surface area contributed by atoms with E-state index in [0.717, 1.165) is 6.42 Å². The molecule has 0 saturated carbocycles. The maximum Gasteiger partial charge on any atom is 0.0921 e. The summed E-state index contributed by atoms with van der Waals surface area (Å²) in [7, 11) is 0. The fraction of sp³-hybridized carbons (Fsp3) is 0.500. The van der Waals surface area contributed by atoms with Gasteiger partial charge >= 0.3 is 0 Å². The molecule has 3 heteroatoms. The zero-order chi connectivity index (χ0) is 6.53. The van der Waals surface area contributed by atoms with Crippen LogP contribution in [0.5, 0.6) is 0 Å². The van der Waals surface area contributed by atoms with Crippen molar-refractivity contribution in [2.75, 3.05) is 12.0 Å². The van der Waals surface area contributed by atoms with Crippen LogP contribution in [0.1, 0.15) is 5.69 Å². The Labute approximate surface area is 59.1 Å². The summed E-state index contributed by atoms with van der Waals surface area (Å²) in [4.78, 5) is 6.96. The molecule has 2 nitrogen and oxygen atoms in total. The van der Waals surface area contributed by atoms with Crippen LogP contribution in [0.25, 0.3) is 0 Å². The first-order chi connectivity index (χ1) is 4.43. The summed E-state index contributed by atoms with van der Waals surface area (Å²) in [5, 5.41) is 0. The van der Waals surface area contributed by atoms with Gasteiger partial charge in [0.15, 0.2) is 0 Å². The topological polar surface area (TPSA) is 28.7 Å². The second-order valence-corrected chi connectivity index (χ2v) is 2.81. The fourth-order valence-electron chi connectivity index (χ4n) is 0.633. The molecule has 0 aliphatic heterocycles. The summed E-state index contributed by atoms with van der Waals surface area (Å²) in [6, 6.07) is 0. The summed E-state index contributed by atoms with van der Waals surface area (Å²) >= 11 is 1.85. The van der Waals surface area contributed by atoms with E-state index in [1.165, 1.54) is 11.4 Å². The number of aromatic nitrogens is 2. The highest BCUT2D eigenvalue weighted by atomic mass is 32.2. The van der Waals surface area contributed by atoms with Gasteiger partial charge in [-0.05, 0) is 18.4 Å². The van der Waals surface area contributed by atoms with Gasteiger partial charge in [0.2, 0.25) is 0 Å². The molecule has 0 radical (unpaired) electrons. The molecule has 0 aromatic carbocycles. The molecule has 1 aromatic heterocycles. The molecule has 1 aromatic rings. The van der Waals surface area contributed by atoms with Crippen molar-refractivity contribution in [1.82, 2.24) is 9.97 Å². The molecule has 0 fully saturated rings. The number of nitrogens with zero attached hydrogens (tertiary/aromatic N) is 1. The lowest BCUT2D eigenvalue weighted by Gasteiger charge is -1.90. The van der Waals surface area contributed by atoms with Crippen LogP contribution in [0.15, 0.2) is 12.5 Å². The first-order valence-corrected chi connectivity index (χ1v) is 4.29. The second-order valence-electron chi connectivity index (χ2n) is 1.82. The number of hydrogen-bond donors (Lipinski definition) is 1. The maximum absolute atomic E-state index is 3.91. The maximum atomic E-state index is 3.91. The Morgan fingerprint density at radius 1 is 1.78 bits per heavy atom. The Morgan fingerprint density at radius 2 is 2.67 bits per heavy atom. The van der Waals surface area contributed by atoms with Crippen LogP contribution in [0.4, 0.5) is 0 Å². The number of imidazole rings is 1. The Bertz CT molecular complexity index is 148. The molecule has 0 aliphatic carbocycles. The van der Waals surface area contributed by atoms with E-state index in [1.54, 1.807) is 6.33 Å². The lowest BCUT2D eigenvalue weighted by Crippen LogP contribution is -1.86. The summed E-state index contributed by atoms with van der Waals surface area (Å²) in [6.07, 6.45) is 6.80. The molecular weight excluding hydrogens is 132 g/mol. The number of H-pyrrole nitrogens is 1. The number of aryl methyl sites for hydroxylation is 1. The first kappa shape index (κ1) is 6.68. The zero-order valence-corrected chi connectivity index (χ0v) is 6.24. The SMILES string of the molecule is CSCCc1cnc[nH]1. The summed E-state index contributed by atoms with van der Waals surface area (Å²) < 4.78 is 0. The zero-order valence-electron chi connectivity index (χ0n) is 5.42. The van der Waals surface area contributed by atoms with Crippen LogP contribution in [-0.2, 0) is 6.42 Å². The minimum atomic E-state index is 1.10. The van der Waals surface area contributed by atoms with E-state index in [1.807, 2.05) is 18.0 Å². The normalized spacial score (nSPS) is 9.89. The van der Waals surface area contributed by atoms with E-state index in [0.29, 0.717) is 0 Å². The van der Waals surface area contributed by atoms with Gasteiger partial charge in [0.1, 0.15) is 0 Å². The van der Waals surface area contributed by atoms with Crippen molar-refractivity contribution in [3.8, 4) is 0 Å². The highest BCUT2D eigenvalue weighted by Crippen LogP contribution is 1.98. The minimum Gasteiger partial charge on any atom is -0.348 e. The monoisotopic (exact) mass is 142 g/mol. The van der Waals surface area contributed by atoms with Crippen molar-refractivity contribution in [2.45, 2.75) is 6.42 Å². The quantitative estimate of drug-likeness (QED) is 0.689. The van der Waals surface area contributed by atoms with Crippen molar-refractivity contribution in [2.24, 2.45) is 0 Å². The number of rotatable bonds is 3. The lowest BCUT2D eigenvalue weighted by atomic mass is 10.4. The predicted molar refractivity (Wildman–Crippen MR) is 40.7 cm³/mol. The van der Waals surface area contributed by atoms with Crippen LogP contribution in [0, 0.1) is 0 Å². The van der Waals surface area contributed by atoms with Crippen molar-refractivity contribution in [1.29, 1.82) is 0 Å². The van der Waals surface area contributed by atoms with Crippen LogP contribution in [0.2, 0.25) is 0 Å². The molecular formula is C6H10N2S. The Hall–Kier alpha value is -0.440. The van der Waals surface area contributed by atoms with E-state index in [-0.39, 0.29) is 0 Å². The number of hydrogen-bond acceptors (Lipinski definition) is 2. The standard InChI is InChI=1S/C6H10N2S/c1-9-3-2-6-4-7-5-8-6/h4-5H,2-3H2,1H3,(H,7,8). The first-order valence-electron chi connectivity index (χ1n) is 2.89. The second kappa shape index (κ2) is 3.56. The third-order valence-corrected chi connectivity index (χ3v) is 1.74. The Morgan fingerprint density at radius 3 is 3.22 bits per heavy atom. The average molecular weight is 142 g/mol. The van der Waals surface area contributed by atoms with E-state index in [2.05, 4.69) is 16.2 Å². The molecule has 1 rings (SSSR count). The van der Waals surface area contributed by atoms with E-state index >= 15 is 0 Å². The molecule has 0 amide bonds. The molecule has 0 saturated heterocycles. The third kappa shape index (κ3) is 2.10. The van der Waals surface area contributed by atoms with Gasteiger partial charge < -0.3 is 4.98 Å². The molecule has 0 bridgehead atoms. The van der Waals surface area contributed by atoms with Gasteiger partial charge in [-0.2, -0.15) is 11.8 Å². The summed E-state index contributed by atoms with van der Waals surface area (Å²) in [6.45, 7) is 0. The van der Waals surface area contributed by atoms with Gasteiger partial charge in [0, 0.05) is 11.9 Å². The number of thioether (sulfide) groups is 1. The van der Waals surface area contributed by atoms with Crippen molar-refractivity contribution in [3.63, 3.8) is 0 Å². The van der Waals surface area contributed by atoms with Crippen LogP contribution >= 0.6 is 11.8 Å². The molecule has 0 atom stereocenters. The van der Waals surface area contributed by atoms with E-state index in [9.17, 15) is 0 Å². The largest absolute Gasteiger partial charge is 0.348 e. The van der Waals surface area contributed by atoms with Gasteiger partial charge in [-0.3, -0.25) is 0 Å². The lowest BCUT2D eigenvalue weighted by molar-refractivity contribution is 1.08. The van der Waals surface area contributed by atoms with Crippen LogP contribution in [-0.4, -0.2) is 22.0 Å². The van der Waals surface area contributed by atoms with Crippen LogP contribution < -0.4 is 0 Å². The smallest absolute Gasteiger partial charge is 0.0921 e. The van der Waals surface area contributed by atoms with Gasteiger partial charge in [-0.25, -0.2) is 4.98 Å². The van der Waals surface area contributed by atoms with Gasteiger partial charge in [-0.1, -0.05) is 0 Å². The fourth-order valence-corrected chi connectivity index (χ4v) is 1.06. The Balaban J connectivity index is 2.30. The van der Waals surface area contributed by atoms with Gasteiger partial charge in [0.25, 0.3) is 0 Å². The Kier molecular flexibility index (Phi) is 2.64. The number of aromatic amines is 1. The summed E-state index contributed by atoms with van der Waals surface area (Å²) in [5.41, 5.74) is 1.23. The predicted octanol–water partition coefficient (Wildman–Crippen LogP) is 1.32. The minimum absolute atomic E-state index is 1.10. The van der Waals surface area contributed by atoms with Crippen molar-refractivity contribution < 1.29 is 0 Å². The van der Waals surface area contributed by atoms with E-state index in [4.69, 9.17) is 0 Å². The van der Waals surface area contributed by atoms with Crippen molar-refractivity contribution >= 4 is 11.8 Å². The number of nitrogens with one attached hydrogen (secondary N) is 1. The summed E-state index contributed by atoms with van der Waals surface area (Å²) in [5.74, 6) is 1.17. The van der Waals surface area contributed by atoms with Gasteiger partial charge in [0.05, 0.1) is 6.33 Å². The average Bonchev–Trinajstić information content (AvgIpc) is 2.34. The van der Waals surface area contributed by atoms with Gasteiger partial charge in [-0.15, -0.1) is 0 Å². The molecule has 1 N–H and O–H groups in total. The molecule has 0 unspecified atom stereocenters. The van der Waals surface area contributed by atoms with Crippen molar-refractivity contribution in [3.05, 3.63) is 18.2 Å². The highest BCUT2D eigenvalue weighted by molar-refractivity contribution is 7.98. The molecule has 1 heterocycles. The van der Waals surface area contributed by atoms with E-state index < -0.39 is 0 Å². The molecule has 0 spiro atoms. The molecule has 50 valence electrons. The highest BCUT2D eigenvalue weighted by Gasteiger charge is 1.89.